The van der Waals surface area contributed by atoms with E-state index in [1.807, 2.05) is 0 Å². The first-order chi connectivity index (χ1) is 2.41. The molecule has 0 nitrogen and oxygen atoms in total. The number of hydrogen-bond acceptors (Lipinski definition) is 0. The summed E-state index contributed by atoms with van der Waals surface area (Å²) in [5, 5.41) is 0. The SMILES string of the molecule is CCCCC.[CH3-].[CH3-].[Y]. The van der Waals surface area contributed by atoms with Gasteiger partial charge in [-0.3, -0.25) is 0 Å². The van der Waals surface area contributed by atoms with Crippen LogP contribution in [0.25, 0.3) is 0 Å². The molecule has 0 bridgehead atoms. The molecule has 0 saturated carbocycles. The molecule has 8 heavy (non-hydrogen) atoms. The fraction of sp³-hybridized carbons (Fsp3) is 0.714. The van der Waals surface area contributed by atoms with Gasteiger partial charge in [0.05, 0.1) is 0 Å². The fourth-order valence-corrected chi connectivity index (χ4v) is 0.354. The van der Waals surface area contributed by atoms with E-state index in [1.54, 1.807) is 0 Å². The summed E-state index contributed by atoms with van der Waals surface area (Å²) in [5.74, 6) is 0. The molecule has 0 heterocycles. The van der Waals surface area contributed by atoms with Gasteiger partial charge in [-0.15, -0.1) is 0 Å². The Bertz CT molecular complexity index is 11.9. The molecule has 1 heteroatoms. The monoisotopic (exact) mass is 191 g/mol. The average molecular weight is 191 g/mol. The van der Waals surface area contributed by atoms with E-state index in [4.69, 9.17) is 0 Å². The van der Waals surface area contributed by atoms with Crippen LogP contribution < -0.4 is 0 Å². The van der Waals surface area contributed by atoms with E-state index in [9.17, 15) is 0 Å². The third-order valence-corrected chi connectivity index (χ3v) is 0.707. The van der Waals surface area contributed by atoms with Crippen LogP contribution in [0.15, 0.2) is 0 Å². The van der Waals surface area contributed by atoms with Crippen LogP contribution in [0.5, 0.6) is 0 Å². The van der Waals surface area contributed by atoms with Crippen LogP contribution in [0.2, 0.25) is 0 Å². The maximum atomic E-state index is 2.21. The maximum Gasteiger partial charge on any atom is 0 e. The molecule has 0 aromatic heterocycles. The largest absolute Gasteiger partial charge is 0.358 e. The molecule has 0 aliphatic heterocycles. The van der Waals surface area contributed by atoms with Crippen LogP contribution in [0, 0.1) is 14.9 Å². The Balaban J connectivity index is -0.0000000267. The zero-order valence-electron chi connectivity index (χ0n) is 6.70. The summed E-state index contributed by atoms with van der Waals surface area (Å²) in [6.45, 7) is 4.42. The van der Waals surface area contributed by atoms with E-state index in [-0.39, 0.29) is 47.6 Å². The molecule has 0 amide bonds. The molecule has 0 unspecified atom stereocenters. The molecule has 0 fully saturated rings. The summed E-state index contributed by atoms with van der Waals surface area (Å²) < 4.78 is 0. The van der Waals surface area contributed by atoms with Gasteiger partial charge in [-0.1, -0.05) is 33.1 Å². The van der Waals surface area contributed by atoms with E-state index in [0.717, 1.165) is 0 Å². The van der Waals surface area contributed by atoms with E-state index in [2.05, 4.69) is 13.8 Å². The van der Waals surface area contributed by atoms with Crippen molar-refractivity contribution < 1.29 is 32.7 Å². The molecule has 0 aromatic carbocycles. The van der Waals surface area contributed by atoms with Gasteiger partial charge in [0, 0.05) is 32.7 Å². The summed E-state index contributed by atoms with van der Waals surface area (Å²) >= 11 is 0. The molecule has 0 aliphatic carbocycles. The van der Waals surface area contributed by atoms with Crippen molar-refractivity contribution in [3.05, 3.63) is 14.9 Å². The van der Waals surface area contributed by atoms with Crippen molar-refractivity contribution in [2.75, 3.05) is 0 Å². The van der Waals surface area contributed by atoms with Gasteiger partial charge in [0.15, 0.2) is 0 Å². The maximum absolute atomic E-state index is 2.21. The topological polar surface area (TPSA) is 0 Å². The summed E-state index contributed by atoms with van der Waals surface area (Å²) in [7, 11) is 0. The second-order valence-corrected chi connectivity index (χ2v) is 1.35. The van der Waals surface area contributed by atoms with Crippen LogP contribution in [0.4, 0.5) is 0 Å². The third kappa shape index (κ3) is 27.5. The minimum Gasteiger partial charge on any atom is -0.358 e. The molecular formula is C7H18Y-2. The molecule has 0 spiro atoms. The first-order valence-corrected chi connectivity index (χ1v) is 2.41. The molecule has 0 atom stereocenters. The predicted molar refractivity (Wildman–Crippen MR) is 38.0 cm³/mol. The second kappa shape index (κ2) is 24.3. The molecule has 0 aromatic rings. The second-order valence-electron chi connectivity index (χ2n) is 1.35. The van der Waals surface area contributed by atoms with Crippen molar-refractivity contribution >= 4 is 0 Å². The summed E-state index contributed by atoms with van der Waals surface area (Å²) in [6, 6.07) is 0. The van der Waals surface area contributed by atoms with Crippen LogP contribution >= 0.6 is 0 Å². The Labute approximate surface area is 80.3 Å². The zero-order chi connectivity index (χ0) is 4.12. The molecule has 0 aliphatic rings. The normalized spacial score (nSPS) is 5.25. The third-order valence-electron chi connectivity index (χ3n) is 0.707. The Kier molecular flexibility index (Phi) is 69.7. The van der Waals surface area contributed by atoms with Gasteiger partial charge in [0.1, 0.15) is 0 Å². The summed E-state index contributed by atoms with van der Waals surface area (Å²) in [6.07, 6.45) is 4.08. The quantitative estimate of drug-likeness (QED) is 0.588. The molecule has 0 N–H and O–H groups in total. The van der Waals surface area contributed by atoms with E-state index < -0.39 is 0 Å². The van der Waals surface area contributed by atoms with Gasteiger partial charge in [-0.2, -0.15) is 0 Å². The Morgan fingerprint density at radius 3 is 1.12 bits per heavy atom. The van der Waals surface area contributed by atoms with Crippen molar-refractivity contribution in [2.45, 2.75) is 33.1 Å². The fourth-order valence-electron chi connectivity index (χ4n) is 0.354. The van der Waals surface area contributed by atoms with Gasteiger partial charge in [0.25, 0.3) is 0 Å². The van der Waals surface area contributed by atoms with Crippen molar-refractivity contribution in [3.8, 4) is 0 Å². The predicted octanol–water partition coefficient (Wildman–Crippen LogP) is 3.09. The molecule has 0 saturated heterocycles. The zero-order valence-corrected chi connectivity index (χ0v) is 9.54. The summed E-state index contributed by atoms with van der Waals surface area (Å²) in [4.78, 5) is 0. The van der Waals surface area contributed by atoms with Gasteiger partial charge >= 0.3 is 0 Å². The van der Waals surface area contributed by atoms with E-state index >= 15 is 0 Å². The van der Waals surface area contributed by atoms with Crippen molar-refractivity contribution in [1.29, 1.82) is 0 Å². The van der Waals surface area contributed by atoms with Crippen LogP contribution in [0.1, 0.15) is 33.1 Å². The number of unbranched alkanes of at least 4 members (excludes halogenated alkanes) is 2. The smallest absolute Gasteiger partial charge is 0 e. The van der Waals surface area contributed by atoms with E-state index in [0.29, 0.717) is 0 Å². The van der Waals surface area contributed by atoms with Crippen LogP contribution in [-0.2, 0) is 32.7 Å². The van der Waals surface area contributed by atoms with Crippen LogP contribution in [-0.4, -0.2) is 0 Å². The molecule has 51 valence electrons. The minimum atomic E-state index is 0. The first-order valence-electron chi connectivity index (χ1n) is 2.41. The Morgan fingerprint density at radius 1 is 0.875 bits per heavy atom. The molecular weight excluding hydrogens is 173 g/mol. The van der Waals surface area contributed by atoms with Crippen molar-refractivity contribution in [1.82, 2.24) is 0 Å². The molecule has 0 rings (SSSR count). The van der Waals surface area contributed by atoms with Gasteiger partial charge in [-0.25, -0.2) is 0 Å². The number of rotatable bonds is 2. The van der Waals surface area contributed by atoms with Crippen LogP contribution in [0.3, 0.4) is 0 Å². The van der Waals surface area contributed by atoms with E-state index in [1.165, 1.54) is 19.3 Å². The minimum absolute atomic E-state index is 0. The standard InChI is InChI=1S/C5H12.2CH3.Y/c1-3-5-4-2;;;/h3-5H2,1-2H3;2*1H3;/q;2*-1;. The first kappa shape index (κ1) is 23.0. The average Bonchev–Trinajstić information content (AvgIpc) is 1.41. The number of hydrogen-bond donors (Lipinski definition) is 0. The Morgan fingerprint density at radius 2 is 1.12 bits per heavy atom. The van der Waals surface area contributed by atoms with Gasteiger partial charge < -0.3 is 14.9 Å². The van der Waals surface area contributed by atoms with Crippen molar-refractivity contribution in [3.63, 3.8) is 0 Å². The van der Waals surface area contributed by atoms with Gasteiger partial charge in [-0.05, 0) is 0 Å². The van der Waals surface area contributed by atoms with Gasteiger partial charge in [0.2, 0.25) is 0 Å². The molecule has 1 radical (unpaired) electrons. The summed E-state index contributed by atoms with van der Waals surface area (Å²) in [5.41, 5.74) is 0. The van der Waals surface area contributed by atoms with Crippen molar-refractivity contribution in [2.24, 2.45) is 0 Å². The Hall–Kier alpha value is 1.10.